The van der Waals surface area contributed by atoms with Gasteiger partial charge in [0.05, 0.1) is 18.7 Å². The average Bonchev–Trinajstić information content (AvgIpc) is 3.22. The Morgan fingerprint density at radius 3 is 2.85 bits per heavy atom. The van der Waals surface area contributed by atoms with E-state index in [1.807, 2.05) is 6.92 Å². The number of fused-ring (bicyclic) bond motifs is 2. The van der Waals surface area contributed by atoms with E-state index in [9.17, 15) is 23.5 Å². The van der Waals surface area contributed by atoms with Crippen LogP contribution in [-0.4, -0.2) is 49.6 Å². The number of halogens is 2. The van der Waals surface area contributed by atoms with E-state index in [-0.39, 0.29) is 40.7 Å². The van der Waals surface area contributed by atoms with Gasteiger partial charge in [-0.05, 0) is 24.5 Å². The van der Waals surface area contributed by atoms with Crippen molar-refractivity contribution in [3.63, 3.8) is 0 Å². The van der Waals surface area contributed by atoms with Crippen LogP contribution in [0, 0.1) is 17.6 Å². The second-order valence-corrected chi connectivity index (χ2v) is 9.68. The summed E-state index contributed by atoms with van der Waals surface area (Å²) in [6.45, 7) is 4.95. The molecule has 1 fully saturated rings. The van der Waals surface area contributed by atoms with E-state index in [0.717, 1.165) is 23.5 Å². The average molecular weight is 474 g/mol. The molecule has 0 spiro atoms. The summed E-state index contributed by atoms with van der Waals surface area (Å²) in [6.07, 6.45) is 1.54. The van der Waals surface area contributed by atoms with Crippen molar-refractivity contribution in [2.45, 2.75) is 32.5 Å². The Labute approximate surface area is 191 Å². The van der Waals surface area contributed by atoms with Gasteiger partial charge in [-0.3, -0.25) is 9.59 Å². The lowest BCUT2D eigenvalue weighted by molar-refractivity contribution is -0.183. The number of amides is 1. The van der Waals surface area contributed by atoms with Gasteiger partial charge in [0.25, 0.3) is 5.91 Å². The Kier molecular flexibility index (Phi) is 5.05. The highest BCUT2D eigenvalue weighted by Gasteiger charge is 2.47. The third kappa shape index (κ3) is 3.61. The minimum Gasteiger partial charge on any atom is -0.503 e. The van der Waals surface area contributed by atoms with E-state index in [1.54, 1.807) is 11.8 Å². The maximum Gasteiger partial charge on any atom is 0.276 e. The summed E-state index contributed by atoms with van der Waals surface area (Å²) >= 11 is 1.06. The number of nitrogens with zero attached hydrogens (tertiary/aromatic N) is 4. The quantitative estimate of drug-likeness (QED) is 0.627. The maximum absolute atomic E-state index is 14.0. The second-order valence-electron chi connectivity index (χ2n) is 8.62. The van der Waals surface area contributed by atoms with Crippen molar-refractivity contribution in [3.8, 4) is 16.3 Å². The molecule has 1 N–H and O–H groups in total. The topological polar surface area (TPSA) is 97.5 Å². The first-order valence-electron chi connectivity index (χ1n) is 10.4. The molecule has 4 heterocycles. The normalized spacial score (nSPS) is 22.2. The lowest BCUT2D eigenvalue weighted by Gasteiger charge is -2.49. The predicted octanol–water partition coefficient (Wildman–Crippen LogP) is 2.78. The molecule has 0 unspecified atom stereocenters. The second kappa shape index (κ2) is 7.70. The summed E-state index contributed by atoms with van der Waals surface area (Å²) in [4.78, 5) is 27.6. The number of hydrogen-bond donors (Lipinski definition) is 1. The van der Waals surface area contributed by atoms with Crippen molar-refractivity contribution in [1.29, 1.82) is 0 Å². The van der Waals surface area contributed by atoms with Crippen molar-refractivity contribution < 1.29 is 23.4 Å². The Balaban J connectivity index is 1.51. The monoisotopic (exact) mass is 474 g/mol. The zero-order valence-corrected chi connectivity index (χ0v) is 18.7. The summed E-state index contributed by atoms with van der Waals surface area (Å²) < 4.78 is 34.6. The first-order valence-corrected chi connectivity index (χ1v) is 11.2. The molecular weight excluding hydrogens is 454 g/mol. The highest BCUT2D eigenvalue weighted by atomic mass is 32.1. The summed E-state index contributed by atoms with van der Waals surface area (Å²) in [5, 5.41) is 19.3. The third-order valence-electron chi connectivity index (χ3n) is 5.97. The van der Waals surface area contributed by atoms with Gasteiger partial charge in [-0.15, -0.1) is 10.2 Å². The van der Waals surface area contributed by atoms with Gasteiger partial charge in [0.2, 0.25) is 5.43 Å². The van der Waals surface area contributed by atoms with Crippen LogP contribution in [0.5, 0.6) is 5.75 Å². The molecule has 0 aliphatic carbocycles. The Morgan fingerprint density at radius 1 is 1.30 bits per heavy atom. The smallest absolute Gasteiger partial charge is 0.276 e. The lowest BCUT2D eigenvalue weighted by atomic mass is 10.0. The van der Waals surface area contributed by atoms with Crippen molar-refractivity contribution in [1.82, 2.24) is 19.7 Å². The molecule has 1 aromatic carbocycles. The van der Waals surface area contributed by atoms with E-state index in [1.165, 1.54) is 16.8 Å². The van der Waals surface area contributed by atoms with E-state index in [0.29, 0.717) is 18.2 Å². The Bertz CT molecular complexity index is 1340. The molecule has 2 aliphatic rings. The van der Waals surface area contributed by atoms with Gasteiger partial charge in [0.15, 0.2) is 22.2 Å². The molecule has 0 bridgehead atoms. The summed E-state index contributed by atoms with van der Waals surface area (Å²) in [7, 11) is 0. The highest BCUT2D eigenvalue weighted by Crippen LogP contribution is 2.36. The van der Waals surface area contributed by atoms with Crippen LogP contribution >= 0.6 is 11.3 Å². The van der Waals surface area contributed by atoms with Crippen LogP contribution in [0.25, 0.3) is 10.6 Å². The van der Waals surface area contributed by atoms with Gasteiger partial charge in [-0.1, -0.05) is 24.3 Å². The highest BCUT2D eigenvalue weighted by molar-refractivity contribution is 7.14. The Hall–Kier alpha value is -3.18. The van der Waals surface area contributed by atoms with Crippen LogP contribution in [0.1, 0.15) is 34.9 Å². The Morgan fingerprint density at radius 2 is 2.09 bits per heavy atom. The fourth-order valence-corrected chi connectivity index (χ4v) is 5.11. The van der Waals surface area contributed by atoms with Crippen LogP contribution in [0.2, 0.25) is 0 Å². The molecule has 0 radical (unpaired) electrons. The van der Waals surface area contributed by atoms with Crippen LogP contribution < -0.4 is 5.43 Å². The van der Waals surface area contributed by atoms with E-state index in [4.69, 9.17) is 4.74 Å². The summed E-state index contributed by atoms with van der Waals surface area (Å²) in [5.74, 6) is -2.37. The van der Waals surface area contributed by atoms with E-state index < -0.39 is 34.4 Å². The predicted molar refractivity (Wildman–Crippen MR) is 115 cm³/mol. The number of carbonyl (C=O) groups is 1. The van der Waals surface area contributed by atoms with Gasteiger partial charge < -0.3 is 19.3 Å². The molecule has 1 saturated heterocycles. The fourth-order valence-electron chi connectivity index (χ4n) is 4.24. The zero-order valence-electron chi connectivity index (χ0n) is 17.8. The van der Waals surface area contributed by atoms with Crippen LogP contribution in [-0.2, 0) is 17.7 Å². The molecule has 3 aromatic rings. The first kappa shape index (κ1) is 21.7. The summed E-state index contributed by atoms with van der Waals surface area (Å²) in [6, 6.07) is 3.28. The molecule has 2 aliphatic heterocycles. The molecular formula is C22H20F2N4O4S. The number of hydrogen-bond acceptors (Lipinski definition) is 7. The molecule has 5 rings (SSSR count). The van der Waals surface area contributed by atoms with Crippen molar-refractivity contribution in [3.05, 3.63) is 62.5 Å². The third-order valence-corrected chi connectivity index (χ3v) is 6.92. The lowest BCUT2D eigenvalue weighted by Crippen LogP contribution is -2.62. The molecule has 2 aromatic heterocycles. The number of aromatic hydroxyl groups is 1. The van der Waals surface area contributed by atoms with E-state index >= 15 is 0 Å². The number of benzene rings is 1. The number of carbonyl (C=O) groups excluding carboxylic acids is 1. The minimum atomic E-state index is -0.901. The fraction of sp³-hybridized carbons (Fsp3) is 0.364. The van der Waals surface area contributed by atoms with Gasteiger partial charge >= 0.3 is 0 Å². The zero-order chi connectivity index (χ0) is 23.5. The molecule has 8 nitrogen and oxygen atoms in total. The van der Waals surface area contributed by atoms with Gasteiger partial charge in [0.1, 0.15) is 16.6 Å². The molecule has 2 atom stereocenters. The molecule has 0 saturated carbocycles. The van der Waals surface area contributed by atoms with Crippen molar-refractivity contribution in [2.24, 2.45) is 5.92 Å². The molecule has 33 heavy (non-hydrogen) atoms. The van der Waals surface area contributed by atoms with Crippen molar-refractivity contribution >= 4 is 17.2 Å². The molecule has 172 valence electrons. The maximum atomic E-state index is 14.0. The standard InChI is InChI=1S/C22H20F2N4O4S/c1-11-7-28-21(31)17-19(30)18(29)14(8-27(17)10-22(28,2)32-9-11)20-26-25-16(33-20)5-12-3-4-13(23)6-15(12)24/h3-4,6,8,11,30H,5,7,9-10H2,1-2H3/t11-,22-/m0/s1. The number of aromatic nitrogens is 3. The first-order chi connectivity index (χ1) is 15.7. The van der Waals surface area contributed by atoms with Crippen molar-refractivity contribution in [2.75, 3.05) is 13.2 Å². The number of ether oxygens (including phenoxy) is 1. The molecule has 11 heteroatoms. The van der Waals surface area contributed by atoms with Crippen LogP contribution in [0.15, 0.2) is 29.2 Å². The number of rotatable bonds is 3. The van der Waals surface area contributed by atoms with Gasteiger partial charge in [-0.2, -0.15) is 0 Å². The SMILES string of the molecule is C[C@@H]1CO[C@@]2(C)Cn3cc(-c4nnc(Cc5ccc(F)cc5F)s4)c(=O)c(O)c3C(=O)N2C1. The van der Waals surface area contributed by atoms with Gasteiger partial charge in [0, 0.05) is 25.2 Å². The molecule has 1 amide bonds. The van der Waals surface area contributed by atoms with Crippen LogP contribution in [0.4, 0.5) is 8.78 Å². The summed E-state index contributed by atoms with van der Waals surface area (Å²) in [5.41, 5.74) is -1.40. The largest absolute Gasteiger partial charge is 0.503 e. The van der Waals surface area contributed by atoms with Crippen LogP contribution in [0.3, 0.4) is 0 Å². The number of pyridine rings is 1. The van der Waals surface area contributed by atoms with E-state index in [2.05, 4.69) is 10.2 Å². The van der Waals surface area contributed by atoms with Gasteiger partial charge in [-0.25, -0.2) is 8.78 Å². The minimum absolute atomic E-state index is 0.0690.